The highest BCUT2D eigenvalue weighted by Gasteiger charge is 2.42. The number of benzene rings is 1. The molecular formula is C13H18O5. The van der Waals surface area contributed by atoms with Gasteiger partial charge in [-0.3, -0.25) is 0 Å². The molecule has 2 rings (SSSR count). The minimum atomic E-state index is -1.23. The van der Waals surface area contributed by atoms with Gasteiger partial charge in [-0.1, -0.05) is 30.3 Å². The normalized spacial score (nSPS) is 36.6. The lowest BCUT2D eigenvalue weighted by Crippen LogP contribution is -2.57. The fraction of sp³-hybridized carbons (Fsp3) is 0.538. The molecule has 0 radical (unpaired) electrons. The average Bonchev–Trinajstić information content (AvgIpc) is 2.37. The Bertz CT molecular complexity index is 369. The van der Waals surface area contributed by atoms with Crippen LogP contribution < -0.4 is 0 Å². The summed E-state index contributed by atoms with van der Waals surface area (Å²) in [4.78, 5) is 0. The molecule has 0 saturated carbocycles. The highest BCUT2D eigenvalue weighted by Crippen LogP contribution is 2.22. The van der Waals surface area contributed by atoms with Crippen molar-refractivity contribution in [3.05, 3.63) is 35.9 Å². The fourth-order valence-electron chi connectivity index (χ4n) is 1.97. The third-order valence-corrected chi connectivity index (χ3v) is 3.09. The van der Waals surface area contributed by atoms with E-state index in [1.54, 1.807) is 6.92 Å². The number of aliphatic hydroxyl groups is 3. The van der Waals surface area contributed by atoms with Crippen LogP contribution in [0.15, 0.2) is 30.3 Å². The van der Waals surface area contributed by atoms with Gasteiger partial charge in [0.15, 0.2) is 6.29 Å². The van der Waals surface area contributed by atoms with E-state index in [4.69, 9.17) is 9.47 Å². The van der Waals surface area contributed by atoms with E-state index in [0.717, 1.165) is 5.56 Å². The van der Waals surface area contributed by atoms with Crippen molar-refractivity contribution in [3.63, 3.8) is 0 Å². The van der Waals surface area contributed by atoms with Crippen LogP contribution in [0, 0.1) is 0 Å². The van der Waals surface area contributed by atoms with E-state index in [2.05, 4.69) is 0 Å². The zero-order valence-electron chi connectivity index (χ0n) is 10.1. The topological polar surface area (TPSA) is 79.2 Å². The lowest BCUT2D eigenvalue weighted by molar-refractivity contribution is -0.290. The summed E-state index contributed by atoms with van der Waals surface area (Å²) in [7, 11) is 0. The number of hydrogen-bond donors (Lipinski definition) is 3. The van der Waals surface area contributed by atoms with Crippen LogP contribution in [0.3, 0.4) is 0 Å². The third kappa shape index (κ3) is 2.88. The van der Waals surface area contributed by atoms with Crippen LogP contribution >= 0.6 is 0 Å². The van der Waals surface area contributed by atoms with Crippen molar-refractivity contribution in [2.24, 2.45) is 0 Å². The van der Waals surface area contributed by atoms with Crippen LogP contribution in [0.1, 0.15) is 12.5 Å². The molecule has 1 aromatic carbocycles. The van der Waals surface area contributed by atoms with E-state index in [0.29, 0.717) is 0 Å². The van der Waals surface area contributed by atoms with Gasteiger partial charge in [-0.15, -0.1) is 0 Å². The van der Waals surface area contributed by atoms with E-state index in [-0.39, 0.29) is 6.61 Å². The van der Waals surface area contributed by atoms with Crippen LogP contribution in [0.2, 0.25) is 0 Å². The molecule has 3 N–H and O–H groups in total. The Kier molecular flexibility index (Phi) is 4.31. The first kappa shape index (κ1) is 13.5. The molecule has 100 valence electrons. The van der Waals surface area contributed by atoms with Crippen LogP contribution in [0.4, 0.5) is 0 Å². The predicted octanol–water partition coefficient (Wildman–Crippen LogP) is 0.0307. The van der Waals surface area contributed by atoms with Crippen LogP contribution in [-0.4, -0.2) is 46.0 Å². The standard InChI is InChI=1S/C13H18O5/c1-8-10(14)11(15)12(13(16)18-8)17-7-9-5-3-2-4-6-9/h2-6,8,10-16H,7H2,1H3/t8-,10-,11+,12+,13+/m1/s1. The summed E-state index contributed by atoms with van der Waals surface area (Å²) in [5, 5.41) is 29.2. The lowest BCUT2D eigenvalue weighted by Gasteiger charge is -2.39. The zero-order chi connectivity index (χ0) is 13.1. The molecule has 0 bridgehead atoms. The summed E-state index contributed by atoms with van der Waals surface area (Å²) >= 11 is 0. The summed E-state index contributed by atoms with van der Waals surface area (Å²) in [6.45, 7) is 1.83. The fourth-order valence-corrected chi connectivity index (χ4v) is 1.97. The quantitative estimate of drug-likeness (QED) is 0.709. The van der Waals surface area contributed by atoms with Gasteiger partial charge in [0.05, 0.1) is 12.7 Å². The number of hydrogen-bond acceptors (Lipinski definition) is 5. The Morgan fingerprint density at radius 1 is 1.11 bits per heavy atom. The second kappa shape index (κ2) is 5.77. The van der Waals surface area contributed by atoms with Crippen molar-refractivity contribution in [2.75, 3.05) is 0 Å². The van der Waals surface area contributed by atoms with E-state index in [9.17, 15) is 15.3 Å². The molecule has 0 unspecified atom stereocenters. The highest BCUT2D eigenvalue weighted by atomic mass is 16.7. The molecular weight excluding hydrogens is 236 g/mol. The second-order valence-corrected chi connectivity index (χ2v) is 4.47. The SMILES string of the molecule is C[C@H]1O[C@H](O)[C@@H](OCc2ccccc2)[C@@H](O)[C@@H]1O. The van der Waals surface area contributed by atoms with Gasteiger partial charge in [-0.2, -0.15) is 0 Å². The van der Waals surface area contributed by atoms with Gasteiger partial charge in [0, 0.05) is 0 Å². The molecule has 5 nitrogen and oxygen atoms in total. The maximum absolute atomic E-state index is 9.84. The van der Waals surface area contributed by atoms with Crippen molar-refractivity contribution >= 4 is 0 Å². The molecule has 1 fully saturated rings. The van der Waals surface area contributed by atoms with Gasteiger partial charge < -0.3 is 24.8 Å². The monoisotopic (exact) mass is 254 g/mol. The minimum Gasteiger partial charge on any atom is -0.388 e. The molecule has 1 saturated heterocycles. The lowest BCUT2D eigenvalue weighted by atomic mass is 10.00. The Morgan fingerprint density at radius 2 is 1.78 bits per heavy atom. The predicted molar refractivity (Wildman–Crippen MR) is 63.6 cm³/mol. The molecule has 5 heteroatoms. The van der Waals surface area contributed by atoms with Crippen molar-refractivity contribution in [1.29, 1.82) is 0 Å². The number of rotatable bonds is 3. The van der Waals surface area contributed by atoms with Gasteiger partial charge in [-0.05, 0) is 12.5 Å². The molecule has 1 aromatic rings. The zero-order valence-corrected chi connectivity index (χ0v) is 10.1. The van der Waals surface area contributed by atoms with Crippen molar-refractivity contribution < 1.29 is 24.8 Å². The molecule has 1 aliphatic heterocycles. The molecule has 0 amide bonds. The number of aliphatic hydroxyl groups excluding tert-OH is 3. The first-order valence-electron chi connectivity index (χ1n) is 5.95. The smallest absolute Gasteiger partial charge is 0.184 e. The first-order valence-corrected chi connectivity index (χ1v) is 5.95. The maximum Gasteiger partial charge on any atom is 0.184 e. The molecule has 1 aliphatic rings. The van der Waals surface area contributed by atoms with E-state index >= 15 is 0 Å². The van der Waals surface area contributed by atoms with Gasteiger partial charge in [0.25, 0.3) is 0 Å². The van der Waals surface area contributed by atoms with Gasteiger partial charge >= 0.3 is 0 Å². The molecule has 0 aliphatic carbocycles. The molecule has 18 heavy (non-hydrogen) atoms. The third-order valence-electron chi connectivity index (χ3n) is 3.09. The van der Waals surface area contributed by atoms with Crippen LogP contribution in [-0.2, 0) is 16.1 Å². The first-order chi connectivity index (χ1) is 8.59. The van der Waals surface area contributed by atoms with Gasteiger partial charge in [0.1, 0.15) is 18.3 Å². The molecule has 0 spiro atoms. The minimum absolute atomic E-state index is 0.240. The van der Waals surface area contributed by atoms with E-state index in [1.807, 2.05) is 30.3 Å². The second-order valence-electron chi connectivity index (χ2n) is 4.47. The molecule has 0 aromatic heterocycles. The van der Waals surface area contributed by atoms with Crippen molar-refractivity contribution in [2.45, 2.75) is 44.2 Å². The Hall–Kier alpha value is -0.980. The summed E-state index contributed by atoms with van der Waals surface area (Å²) < 4.78 is 10.5. The maximum atomic E-state index is 9.84. The largest absolute Gasteiger partial charge is 0.388 e. The van der Waals surface area contributed by atoms with E-state index < -0.39 is 30.7 Å². The van der Waals surface area contributed by atoms with Crippen LogP contribution in [0.25, 0.3) is 0 Å². The average molecular weight is 254 g/mol. The summed E-state index contributed by atoms with van der Waals surface area (Å²) in [5.41, 5.74) is 0.921. The van der Waals surface area contributed by atoms with Gasteiger partial charge in [-0.25, -0.2) is 0 Å². The summed E-state index contributed by atoms with van der Waals surface area (Å²) in [6, 6.07) is 9.39. The van der Waals surface area contributed by atoms with E-state index in [1.165, 1.54) is 0 Å². The highest BCUT2D eigenvalue weighted by molar-refractivity contribution is 5.13. The summed E-state index contributed by atoms with van der Waals surface area (Å²) in [6.07, 6.45) is -5.02. The van der Waals surface area contributed by atoms with Crippen molar-refractivity contribution in [1.82, 2.24) is 0 Å². The molecule has 5 atom stereocenters. The Labute approximate surface area is 106 Å². The Balaban J connectivity index is 1.96. The Morgan fingerprint density at radius 3 is 2.44 bits per heavy atom. The number of ether oxygens (including phenoxy) is 2. The summed E-state index contributed by atoms with van der Waals surface area (Å²) in [5.74, 6) is 0. The van der Waals surface area contributed by atoms with Crippen LogP contribution in [0.5, 0.6) is 0 Å². The van der Waals surface area contributed by atoms with Gasteiger partial charge in [0.2, 0.25) is 0 Å². The van der Waals surface area contributed by atoms with Crippen molar-refractivity contribution in [3.8, 4) is 0 Å². The molecule has 1 heterocycles.